The number of rotatable bonds is 8. The number of amides is 1. The topological polar surface area (TPSA) is 96.7 Å². The maximum absolute atomic E-state index is 10.2. The van der Waals surface area contributed by atoms with Gasteiger partial charge in [0.25, 0.3) is 0 Å². The van der Waals surface area contributed by atoms with Crippen LogP contribution >= 0.6 is 0 Å². The van der Waals surface area contributed by atoms with Gasteiger partial charge in [-0.25, -0.2) is 4.99 Å². The van der Waals surface area contributed by atoms with E-state index in [-0.39, 0.29) is 0 Å². The zero-order valence-electron chi connectivity index (χ0n) is 14.6. The molecule has 6 nitrogen and oxygen atoms in total. The number of piperidine rings is 1. The van der Waals surface area contributed by atoms with Gasteiger partial charge in [-0.3, -0.25) is 9.69 Å². The zero-order chi connectivity index (χ0) is 17.8. The highest BCUT2D eigenvalue weighted by Crippen LogP contribution is 2.51. The number of benzene rings is 1. The van der Waals surface area contributed by atoms with Crippen molar-refractivity contribution in [2.75, 3.05) is 19.6 Å². The first-order valence-corrected chi connectivity index (χ1v) is 8.86. The normalized spacial score (nSPS) is 27.3. The molecule has 3 atom stereocenters. The molecule has 134 valence electrons. The standard InChI is InChI=1S/C19H27N5O/c1-13(24-10-17-16(9-20)18(17)11-24)8-14-2-4-15(5-3-14)23-19(21)6-7-22-12-25/h2-7,12-13,16-18H,8-11,20H2,1H3,(H2,21,23)(H,22,25)/b7-6-. The van der Waals surface area contributed by atoms with Crippen LogP contribution in [0.25, 0.3) is 0 Å². The van der Waals surface area contributed by atoms with Gasteiger partial charge in [-0.1, -0.05) is 12.1 Å². The Labute approximate surface area is 149 Å². The lowest BCUT2D eigenvalue weighted by molar-refractivity contribution is -0.108. The van der Waals surface area contributed by atoms with Crippen LogP contribution in [0.5, 0.6) is 0 Å². The van der Waals surface area contributed by atoms with E-state index in [0.29, 0.717) is 18.3 Å². The summed E-state index contributed by atoms with van der Waals surface area (Å²) in [5.41, 5.74) is 13.7. The quantitative estimate of drug-likeness (QED) is 0.373. The number of carbonyl (C=O) groups is 1. The van der Waals surface area contributed by atoms with Crippen molar-refractivity contribution in [3.8, 4) is 0 Å². The maximum atomic E-state index is 10.2. The van der Waals surface area contributed by atoms with Crippen LogP contribution in [-0.4, -0.2) is 42.8 Å². The molecule has 0 bridgehead atoms. The largest absolute Gasteiger partial charge is 0.384 e. The van der Waals surface area contributed by atoms with Gasteiger partial charge in [-0.15, -0.1) is 0 Å². The Morgan fingerprint density at radius 2 is 2.04 bits per heavy atom. The first-order valence-electron chi connectivity index (χ1n) is 8.86. The summed E-state index contributed by atoms with van der Waals surface area (Å²) in [6.07, 6.45) is 4.63. The lowest BCUT2D eigenvalue weighted by Crippen LogP contribution is -2.35. The molecule has 3 rings (SSSR count). The van der Waals surface area contributed by atoms with E-state index in [1.807, 2.05) is 12.1 Å². The second-order valence-corrected chi connectivity index (χ2v) is 7.06. The van der Waals surface area contributed by atoms with Crippen LogP contribution < -0.4 is 16.8 Å². The van der Waals surface area contributed by atoms with Crippen LogP contribution in [-0.2, 0) is 11.2 Å². The fourth-order valence-corrected chi connectivity index (χ4v) is 3.93. The van der Waals surface area contributed by atoms with E-state index >= 15 is 0 Å². The third-order valence-electron chi connectivity index (χ3n) is 5.44. The van der Waals surface area contributed by atoms with E-state index in [0.717, 1.165) is 36.4 Å². The van der Waals surface area contributed by atoms with E-state index in [1.54, 1.807) is 6.08 Å². The zero-order valence-corrected chi connectivity index (χ0v) is 14.6. The van der Waals surface area contributed by atoms with E-state index in [2.05, 4.69) is 34.3 Å². The van der Waals surface area contributed by atoms with Gasteiger partial charge >= 0.3 is 0 Å². The van der Waals surface area contributed by atoms with Crippen molar-refractivity contribution in [3.63, 3.8) is 0 Å². The molecule has 0 radical (unpaired) electrons. The van der Waals surface area contributed by atoms with Crippen LogP contribution in [0.15, 0.2) is 41.5 Å². The van der Waals surface area contributed by atoms with Crippen molar-refractivity contribution in [1.29, 1.82) is 0 Å². The first kappa shape index (κ1) is 17.6. The van der Waals surface area contributed by atoms with E-state index < -0.39 is 0 Å². The smallest absolute Gasteiger partial charge is 0.211 e. The molecule has 1 aliphatic heterocycles. The van der Waals surface area contributed by atoms with Crippen molar-refractivity contribution in [1.82, 2.24) is 10.2 Å². The summed E-state index contributed by atoms with van der Waals surface area (Å²) >= 11 is 0. The van der Waals surface area contributed by atoms with Crippen molar-refractivity contribution in [2.45, 2.75) is 19.4 Å². The Kier molecular flexibility index (Phi) is 5.50. The number of hydrogen-bond donors (Lipinski definition) is 3. The highest BCUT2D eigenvalue weighted by atomic mass is 16.1. The molecule has 1 heterocycles. The minimum absolute atomic E-state index is 0.348. The van der Waals surface area contributed by atoms with Gasteiger partial charge in [-0.2, -0.15) is 0 Å². The van der Waals surface area contributed by atoms with Crippen LogP contribution in [0.3, 0.4) is 0 Å². The number of carbonyl (C=O) groups excluding carboxylic acids is 1. The Hall–Kier alpha value is -2.18. The number of nitrogens with zero attached hydrogens (tertiary/aromatic N) is 2. The highest BCUT2D eigenvalue weighted by Gasteiger charge is 2.54. The monoisotopic (exact) mass is 341 g/mol. The van der Waals surface area contributed by atoms with Crippen LogP contribution in [0.1, 0.15) is 12.5 Å². The van der Waals surface area contributed by atoms with E-state index in [9.17, 15) is 4.79 Å². The van der Waals surface area contributed by atoms with Gasteiger partial charge in [0.2, 0.25) is 6.41 Å². The number of nitrogens with one attached hydrogen (secondary N) is 1. The van der Waals surface area contributed by atoms with Crippen molar-refractivity contribution < 1.29 is 4.79 Å². The minimum Gasteiger partial charge on any atom is -0.384 e. The molecular weight excluding hydrogens is 314 g/mol. The van der Waals surface area contributed by atoms with Crippen molar-refractivity contribution >= 4 is 17.9 Å². The number of fused-ring (bicyclic) bond motifs is 1. The first-order chi connectivity index (χ1) is 12.1. The third kappa shape index (κ3) is 4.27. The number of aliphatic imine (C=N–C) groups is 1. The molecule has 0 spiro atoms. The molecule has 1 saturated carbocycles. The molecular formula is C19H27N5O. The molecule has 1 amide bonds. The van der Waals surface area contributed by atoms with Gasteiger partial charge in [0.1, 0.15) is 5.84 Å². The maximum Gasteiger partial charge on any atom is 0.211 e. The van der Waals surface area contributed by atoms with E-state index in [1.165, 1.54) is 24.9 Å². The summed E-state index contributed by atoms with van der Waals surface area (Å²) in [5, 5.41) is 2.40. The summed E-state index contributed by atoms with van der Waals surface area (Å²) in [6, 6.07) is 8.71. The van der Waals surface area contributed by atoms with Gasteiger partial charge in [0, 0.05) is 25.3 Å². The average Bonchev–Trinajstić information content (AvgIpc) is 3.07. The second-order valence-electron chi connectivity index (χ2n) is 7.06. The predicted molar refractivity (Wildman–Crippen MR) is 100 cm³/mol. The highest BCUT2D eigenvalue weighted by molar-refractivity contribution is 5.93. The molecule has 0 aromatic heterocycles. The summed E-state index contributed by atoms with van der Waals surface area (Å²) in [6.45, 7) is 5.56. The average molecular weight is 341 g/mol. The number of hydrogen-bond acceptors (Lipinski definition) is 4. The molecule has 2 aliphatic rings. The summed E-state index contributed by atoms with van der Waals surface area (Å²) in [4.78, 5) is 17.1. The van der Waals surface area contributed by atoms with Crippen LogP contribution in [0, 0.1) is 17.8 Å². The fraction of sp³-hybridized carbons (Fsp3) is 0.474. The molecule has 5 N–H and O–H groups in total. The van der Waals surface area contributed by atoms with Crippen molar-refractivity contribution in [3.05, 3.63) is 42.1 Å². The van der Waals surface area contributed by atoms with Crippen LogP contribution in [0.2, 0.25) is 0 Å². The lowest BCUT2D eigenvalue weighted by atomic mass is 10.1. The molecule has 1 aliphatic carbocycles. The van der Waals surface area contributed by atoms with E-state index in [4.69, 9.17) is 11.5 Å². The molecule has 2 fully saturated rings. The lowest BCUT2D eigenvalue weighted by Gasteiger charge is -2.26. The predicted octanol–water partition coefficient (Wildman–Crippen LogP) is 1.00. The van der Waals surface area contributed by atoms with Crippen molar-refractivity contribution in [2.24, 2.45) is 34.2 Å². The SMILES string of the molecule is CC(Cc1ccc(N=C(N)/C=C\NC=O)cc1)N1CC2C(CN)C2C1. The number of likely N-dealkylation sites (tertiary alicyclic amines) is 1. The Balaban J connectivity index is 1.51. The summed E-state index contributed by atoms with van der Waals surface area (Å²) < 4.78 is 0. The molecule has 6 heteroatoms. The fourth-order valence-electron chi connectivity index (χ4n) is 3.93. The van der Waals surface area contributed by atoms with Gasteiger partial charge in [0.05, 0.1) is 5.69 Å². The molecule has 1 aromatic rings. The summed E-state index contributed by atoms with van der Waals surface area (Å²) in [7, 11) is 0. The second kappa shape index (κ2) is 7.80. The summed E-state index contributed by atoms with van der Waals surface area (Å²) in [5.74, 6) is 2.81. The molecule has 1 aromatic carbocycles. The Morgan fingerprint density at radius 3 is 2.64 bits per heavy atom. The molecule has 3 unspecified atom stereocenters. The molecule has 25 heavy (non-hydrogen) atoms. The molecule has 1 saturated heterocycles. The van der Waals surface area contributed by atoms with Crippen LogP contribution in [0.4, 0.5) is 5.69 Å². The third-order valence-corrected chi connectivity index (χ3v) is 5.44. The number of nitrogens with two attached hydrogens (primary N) is 2. The van der Waals surface area contributed by atoms with Gasteiger partial charge in [0.15, 0.2) is 0 Å². The van der Waals surface area contributed by atoms with Gasteiger partial charge in [-0.05, 0) is 61.4 Å². The minimum atomic E-state index is 0.348. The number of amidine groups is 1. The Morgan fingerprint density at radius 1 is 1.36 bits per heavy atom. The van der Waals surface area contributed by atoms with Gasteiger partial charge < -0.3 is 16.8 Å². The Bertz CT molecular complexity index is 642.